The molecule has 144 valence electrons. The van der Waals surface area contributed by atoms with E-state index in [2.05, 4.69) is 19.2 Å². The number of nitro benzene ring substituents is 1. The normalized spacial score (nSPS) is 10.7. The molecule has 1 aromatic heterocycles. The highest BCUT2D eigenvalue weighted by molar-refractivity contribution is 6.02. The summed E-state index contributed by atoms with van der Waals surface area (Å²) in [4.78, 5) is 23.3. The molecule has 0 unspecified atom stereocenters. The summed E-state index contributed by atoms with van der Waals surface area (Å²) in [6.07, 6.45) is 0. The molecule has 7 heteroatoms. The van der Waals surface area contributed by atoms with Gasteiger partial charge in [-0.05, 0) is 47.9 Å². The average molecular weight is 380 g/mol. The first-order valence-corrected chi connectivity index (χ1v) is 8.73. The van der Waals surface area contributed by atoms with Crippen molar-refractivity contribution < 1.29 is 18.9 Å². The van der Waals surface area contributed by atoms with Crippen LogP contribution in [0.4, 0.5) is 11.4 Å². The molecule has 0 fully saturated rings. The number of nitro groups is 1. The second-order valence-corrected chi connectivity index (χ2v) is 6.53. The maximum Gasteiger partial charge on any atom is 0.291 e. The number of nitrogens with zero attached hydrogens (tertiary/aromatic N) is 1. The Morgan fingerprint density at radius 2 is 1.82 bits per heavy atom. The Morgan fingerprint density at radius 3 is 2.43 bits per heavy atom. The summed E-state index contributed by atoms with van der Waals surface area (Å²) in [6, 6.07) is 15.0. The van der Waals surface area contributed by atoms with Gasteiger partial charge >= 0.3 is 0 Å². The molecule has 3 rings (SSSR count). The Balaban J connectivity index is 1.82. The standard InChI is InChI=1S/C21H20N2O5/c1-13(2)14-4-6-15(7-5-14)22-21(24)20-11-10-19(28-20)17-9-8-16(27-3)12-18(17)23(25)26/h4-13H,1-3H3,(H,22,24). The number of ether oxygens (including phenoxy) is 1. The van der Waals surface area contributed by atoms with Crippen molar-refractivity contribution in [2.45, 2.75) is 19.8 Å². The Morgan fingerprint density at radius 1 is 1.11 bits per heavy atom. The molecule has 1 heterocycles. The first-order valence-electron chi connectivity index (χ1n) is 8.73. The number of carbonyl (C=O) groups excluding carboxylic acids is 1. The Kier molecular flexibility index (Phi) is 5.44. The monoisotopic (exact) mass is 380 g/mol. The number of rotatable bonds is 6. The van der Waals surface area contributed by atoms with Crippen LogP contribution in [-0.2, 0) is 0 Å². The fraction of sp³-hybridized carbons (Fsp3) is 0.190. The van der Waals surface area contributed by atoms with Crippen LogP contribution in [0.15, 0.2) is 59.0 Å². The topological polar surface area (TPSA) is 94.6 Å². The minimum absolute atomic E-state index is 0.0630. The van der Waals surface area contributed by atoms with Crippen molar-refractivity contribution in [2.75, 3.05) is 12.4 Å². The second-order valence-electron chi connectivity index (χ2n) is 6.53. The van der Waals surface area contributed by atoms with E-state index in [1.165, 1.54) is 36.9 Å². The Hall–Kier alpha value is -3.61. The first kappa shape index (κ1) is 19.2. The molecule has 7 nitrogen and oxygen atoms in total. The van der Waals surface area contributed by atoms with Crippen LogP contribution in [0.1, 0.15) is 35.9 Å². The lowest BCUT2D eigenvalue weighted by molar-refractivity contribution is -0.384. The zero-order valence-electron chi connectivity index (χ0n) is 15.8. The number of benzene rings is 2. The van der Waals surface area contributed by atoms with Crippen LogP contribution >= 0.6 is 0 Å². The zero-order chi connectivity index (χ0) is 20.3. The summed E-state index contributed by atoms with van der Waals surface area (Å²) < 4.78 is 10.6. The molecule has 28 heavy (non-hydrogen) atoms. The van der Waals surface area contributed by atoms with Crippen molar-refractivity contribution in [1.29, 1.82) is 0 Å². The predicted molar refractivity (Wildman–Crippen MR) is 106 cm³/mol. The molecule has 0 saturated heterocycles. The molecule has 0 radical (unpaired) electrons. The molecule has 2 aromatic carbocycles. The van der Waals surface area contributed by atoms with Gasteiger partial charge in [-0.3, -0.25) is 14.9 Å². The summed E-state index contributed by atoms with van der Waals surface area (Å²) >= 11 is 0. The third kappa shape index (κ3) is 4.03. The van der Waals surface area contributed by atoms with Gasteiger partial charge in [0.15, 0.2) is 5.76 Å². The van der Waals surface area contributed by atoms with Gasteiger partial charge in [0.1, 0.15) is 11.5 Å². The van der Waals surface area contributed by atoms with Crippen LogP contribution < -0.4 is 10.1 Å². The molecule has 1 amide bonds. The second kappa shape index (κ2) is 7.96. The third-order valence-electron chi connectivity index (χ3n) is 4.33. The van der Waals surface area contributed by atoms with Crippen LogP contribution in [0.3, 0.4) is 0 Å². The van der Waals surface area contributed by atoms with E-state index in [0.29, 0.717) is 17.4 Å². The molecule has 0 spiro atoms. The van der Waals surface area contributed by atoms with Gasteiger partial charge < -0.3 is 14.5 Å². The van der Waals surface area contributed by atoms with Crippen molar-refractivity contribution in [2.24, 2.45) is 0 Å². The SMILES string of the molecule is COc1ccc(-c2ccc(C(=O)Nc3ccc(C(C)C)cc3)o2)c([N+](=O)[O-])c1. The molecule has 1 N–H and O–H groups in total. The lowest BCUT2D eigenvalue weighted by atomic mass is 10.0. The fourth-order valence-corrected chi connectivity index (χ4v) is 2.75. The van der Waals surface area contributed by atoms with Gasteiger partial charge in [-0.25, -0.2) is 0 Å². The van der Waals surface area contributed by atoms with Crippen molar-refractivity contribution in [3.05, 3.63) is 76.0 Å². The van der Waals surface area contributed by atoms with E-state index >= 15 is 0 Å². The first-order chi connectivity index (χ1) is 13.4. The number of carbonyl (C=O) groups is 1. The number of hydrogen-bond donors (Lipinski definition) is 1. The molecule has 0 saturated carbocycles. The van der Waals surface area contributed by atoms with Crippen LogP contribution in [-0.4, -0.2) is 17.9 Å². The number of hydrogen-bond acceptors (Lipinski definition) is 5. The van der Waals surface area contributed by atoms with Gasteiger partial charge in [0, 0.05) is 5.69 Å². The largest absolute Gasteiger partial charge is 0.497 e. The van der Waals surface area contributed by atoms with Crippen LogP contribution in [0.25, 0.3) is 11.3 Å². The molecule has 0 aliphatic carbocycles. The van der Waals surface area contributed by atoms with Crippen LogP contribution in [0.5, 0.6) is 5.75 Å². The predicted octanol–water partition coefficient (Wildman–Crippen LogP) is 5.24. The van der Waals surface area contributed by atoms with Crippen LogP contribution in [0.2, 0.25) is 0 Å². The quantitative estimate of drug-likeness (QED) is 0.466. The fourth-order valence-electron chi connectivity index (χ4n) is 2.75. The van der Waals surface area contributed by atoms with Gasteiger partial charge in [-0.1, -0.05) is 26.0 Å². The highest BCUT2D eigenvalue weighted by atomic mass is 16.6. The summed E-state index contributed by atoms with van der Waals surface area (Å²) in [5.41, 5.74) is 1.92. The van der Waals surface area contributed by atoms with Gasteiger partial charge in [-0.2, -0.15) is 0 Å². The van der Waals surface area contributed by atoms with Gasteiger partial charge in [0.2, 0.25) is 0 Å². The van der Waals surface area contributed by atoms with Gasteiger partial charge in [0.25, 0.3) is 11.6 Å². The molecule has 0 aliphatic heterocycles. The minimum atomic E-state index is -0.517. The summed E-state index contributed by atoms with van der Waals surface area (Å²) in [5.74, 6) is 0.630. The van der Waals surface area contributed by atoms with Gasteiger partial charge in [0.05, 0.1) is 23.7 Å². The zero-order valence-corrected chi connectivity index (χ0v) is 15.8. The Bertz CT molecular complexity index is 1010. The summed E-state index contributed by atoms with van der Waals surface area (Å²) in [7, 11) is 1.43. The lowest BCUT2D eigenvalue weighted by Crippen LogP contribution is -2.10. The maximum atomic E-state index is 12.4. The van der Waals surface area contributed by atoms with Crippen LogP contribution in [0, 0.1) is 10.1 Å². The smallest absolute Gasteiger partial charge is 0.291 e. The lowest BCUT2D eigenvalue weighted by Gasteiger charge is -2.07. The number of nitrogens with one attached hydrogen (secondary N) is 1. The number of methoxy groups -OCH3 is 1. The minimum Gasteiger partial charge on any atom is -0.497 e. The molecular weight excluding hydrogens is 360 g/mol. The molecule has 0 aliphatic rings. The van der Waals surface area contributed by atoms with Gasteiger partial charge in [-0.15, -0.1) is 0 Å². The number of amides is 1. The van der Waals surface area contributed by atoms with Crippen molar-refractivity contribution >= 4 is 17.3 Å². The Labute approximate surface area is 162 Å². The highest BCUT2D eigenvalue weighted by Gasteiger charge is 2.21. The highest BCUT2D eigenvalue weighted by Crippen LogP contribution is 2.34. The molecule has 0 bridgehead atoms. The van der Waals surface area contributed by atoms with Crippen molar-refractivity contribution in [1.82, 2.24) is 0 Å². The van der Waals surface area contributed by atoms with E-state index in [4.69, 9.17) is 9.15 Å². The number of furan rings is 1. The van der Waals surface area contributed by atoms with E-state index in [1.807, 2.05) is 24.3 Å². The molecule has 0 atom stereocenters. The molecular formula is C21H20N2O5. The van der Waals surface area contributed by atoms with E-state index < -0.39 is 10.8 Å². The third-order valence-corrected chi connectivity index (χ3v) is 4.33. The van der Waals surface area contributed by atoms with E-state index in [0.717, 1.165) is 0 Å². The maximum absolute atomic E-state index is 12.4. The number of anilines is 1. The van der Waals surface area contributed by atoms with Crippen molar-refractivity contribution in [3.63, 3.8) is 0 Å². The van der Waals surface area contributed by atoms with Crippen molar-refractivity contribution in [3.8, 4) is 17.1 Å². The summed E-state index contributed by atoms with van der Waals surface area (Å²) in [5, 5.41) is 14.1. The van der Waals surface area contributed by atoms with E-state index in [9.17, 15) is 14.9 Å². The van der Waals surface area contributed by atoms with E-state index in [-0.39, 0.29) is 22.8 Å². The average Bonchev–Trinajstić information content (AvgIpc) is 3.18. The molecule has 3 aromatic rings. The summed E-state index contributed by atoms with van der Waals surface area (Å²) in [6.45, 7) is 4.19. The van der Waals surface area contributed by atoms with E-state index in [1.54, 1.807) is 6.07 Å².